The number of benzene rings is 2. The van der Waals surface area contributed by atoms with Crippen LogP contribution in [-0.4, -0.2) is 82.4 Å². The zero-order valence-electron chi connectivity index (χ0n) is 48.1. The Kier molecular flexibility index (Phi) is 18.6. The molecule has 0 amide bonds. The van der Waals surface area contributed by atoms with E-state index in [-0.39, 0.29) is 64.2 Å². The van der Waals surface area contributed by atoms with Gasteiger partial charge in [-0.15, -0.1) is 0 Å². The fourth-order valence-corrected chi connectivity index (χ4v) is 12.2. The summed E-state index contributed by atoms with van der Waals surface area (Å²) in [6.07, 6.45) is 6.79. The van der Waals surface area contributed by atoms with Crippen molar-refractivity contribution >= 4 is 11.9 Å². The van der Waals surface area contributed by atoms with Crippen LogP contribution in [0.15, 0.2) is 24.3 Å². The lowest BCUT2D eigenvalue weighted by Crippen LogP contribution is -2.56. The van der Waals surface area contributed by atoms with Crippen LogP contribution in [0.25, 0.3) is 0 Å². The maximum Gasteiger partial charge on any atom is 0.317 e. The third-order valence-electron chi connectivity index (χ3n) is 17.5. The smallest absolute Gasteiger partial charge is 0.317 e. The first-order valence-electron chi connectivity index (χ1n) is 26.9. The van der Waals surface area contributed by atoms with E-state index in [4.69, 9.17) is 9.47 Å². The zero-order chi connectivity index (χ0) is 52.6. The van der Waals surface area contributed by atoms with Crippen LogP contribution in [0.1, 0.15) is 241 Å². The van der Waals surface area contributed by atoms with Gasteiger partial charge in [-0.05, 0) is 198 Å². The number of carbonyl (C=O) groups excluding carboxylic acids is 2. The van der Waals surface area contributed by atoms with Gasteiger partial charge in [0, 0.05) is 23.2 Å². The summed E-state index contributed by atoms with van der Waals surface area (Å²) in [5, 5.41) is 23.3. The molecule has 2 saturated heterocycles. The van der Waals surface area contributed by atoms with Crippen LogP contribution in [0.3, 0.4) is 0 Å². The molecule has 8 nitrogen and oxygen atoms in total. The van der Waals surface area contributed by atoms with Gasteiger partial charge in [-0.25, -0.2) is 0 Å². The summed E-state index contributed by atoms with van der Waals surface area (Å²) in [6.45, 7) is 45.6. The maximum absolute atomic E-state index is 13.0. The molecule has 392 valence electrons. The Hall–Kier alpha value is -3.10. The lowest BCUT2D eigenvalue weighted by Gasteiger charge is -2.53. The SMILES string of the molecule is CC1C(C(CCCCOC(=O)CC(=O)OCCCCC(c2cc(C(C)(C)C)c(O)c(C(C)(C)C)c2)C2CC(C)(C)N(C)C(C)C2C)c2cc(C(C)(C)C)c(O)c(C(C)(C)C)c2)CC(C)(C)N(C)C1C. The fourth-order valence-electron chi connectivity index (χ4n) is 12.2. The second-order valence-electron chi connectivity index (χ2n) is 27.5. The highest BCUT2D eigenvalue weighted by molar-refractivity contribution is 5.91. The number of aromatic hydroxyl groups is 2. The minimum Gasteiger partial charge on any atom is -0.507 e. The number of hydrogen-bond donors (Lipinski definition) is 2. The number of hydrogen-bond acceptors (Lipinski definition) is 8. The van der Waals surface area contributed by atoms with Crippen molar-refractivity contribution in [3.8, 4) is 11.5 Å². The van der Waals surface area contributed by atoms with E-state index in [1.165, 1.54) is 11.1 Å². The van der Waals surface area contributed by atoms with Gasteiger partial charge in [0.25, 0.3) is 0 Å². The number of unbranched alkanes of at least 4 members (excludes halogenated alkanes) is 2. The Bertz CT molecular complexity index is 1840. The summed E-state index contributed by atoms with van der Waals surface area (Å²) in [5.74, 6) is 2.08. The summed E-state index contributed by atoms with van der Waals surface area (Å²) in [4.78, 5) is 31.0. The first kappa shape index (κ1) is 58.5. The molecule has 2 aliphatic heterocycles. The Morgan fingerprint density at radius 2 is 0.826 bits per heavy atom. The quantitative estimate of drug-likeness (QED) is 0.0975. The highest BCUT2D eigenvalue weighted by Gasteiger charge is 2.46. The molecular weight excluding hydrogens is 857 g/mol. The molecule has 8 atom stereocenters. The van der Waals surface area contributed by atoms with Crippen molar-refractivity contribution in [2.45, 2.75) is 253 Å². The summed E-state index contributed by atoms with van der Waals surface area (Å²) in [6, 6.07) is 9.94. The van der Waals surface area contributed by atoms with Gasteiger partial charge in [-0.3, -0.25) is 19.4 Å². The molecule has 0 aromatic heterocycles. The monoisotopic (exact) mass is 959 g/mol. The molecule has 2 heterocycles. The fraction of sp³-hybridized carbons (Fsp3) is 0.770. The van der Waals surface area contributed by atoms with Crippen LogP contribution >= 0.6 is 0 Å². The number of carbonyl (C=O) groups is 2. The van der Waals surface area contributed by atoms with Gasteiger partial charge >= 0.3 is 11.9 Å². The second kappa shape index (κ2) is 21.9. The van der Waals surface area contributed by atoms with E-state index in [2.05, 4.69) is 187 Å². The third kappa shape index (κ3) is 14.1. The van der Waals surface area contributed by atoms with Crippen molar-refractivity contribution in [2.24, 2.45) is 23.7 Å². The van der Waals surface area contributed by atoms with Gasteiger partial charge in [-0.2, -0.15) is 0 Å². The van der Waals surface area contributed by atoms with Gasteiger partial charge in [0.15, 0.2) is 0 Å². The first-order valence-corrected chi connectivity index (χ1v) is 26.9. The molecule has 2 aliphatic rings. The average molecular weight is 959 g/mol. The van der Waals surface area contributed by atoms with E-state index in [1.807, 2.05) is 0 Å². The summed E-state index contributed by atoms with van der Waals surface area (Å²) in [5.41, 5.74) is 5.75. The highest BCUT2D eigenvalue weighted by atomic mass is 16.6. The van der Waals surface area contributed by atoms with Gasteiger partial charge < -0.3 is 19.7 Å². The average Bonchev–Trinajstić information content (AvgIpc) is 3.21. The molecule has 69 heavy (non-hydrogen) atoms. The highest BCUT2D eigenvalue weighted by Crippen LogP contribution is 2.51. The molecule has 0 bridgehead atoms. The third-order valence-corrected chi connectivity index (χ3v) is 17.5. The molecule has 2 fully saturated rings. The lowest BCUT2D eigenvalue weighted by atomic mass is 9.64. The van der Waals surface area contributed by atoms with Crippen LogP contribution in [0.4, 0.5) is 0 Å². The molecule has 2 aromatic rings. The number of rotatable bonds is 16. The number of ether oxygens (including phenoxy) is 2. The van der Waals surface area contributed by atoms with E-state index in [0.29, 0.717) is 60.1 Å². The van der Waals surface area contributed by atoms with Crippen LogP contribution < -0.4 is 0 Å². The molecular formula is C61H102N2O6. The van der Waals surface area contributed by atoms with E-state index >= 15 is 0 Å². The predicted molar refractivity (Wildman–Crippen MR) is 288 cm³/mol. The van der Waals surface area contributed by atoms with Gasteiger partial charge in [0.1, 0.15) is 17.9 Å². The standard InChI is InChI=1S/C61H102N2O6/c1-38-40(3)62(21)60(17,18)36-46(38)44(42-31-48(56(5,6)7)54(66)49(32-42)57(8,9)10)27-23-25-29-68-52(64)35-53(65)69-30-26-24-28-45(47-37-61(19,20)63(22)41(4)39(47)2)43-33-50(58(11,12)13)55(67)51(34-43)59(14,15)16/h31-34,38-41,44-47,66-67H,23-30,35-37H2,1-22H3. The second-order valence-corrected chi connectivity index (χ2v) is 27.5. The van der Waals surface area contributed by atoms with Crippen molar-refractivity contribution in [2.75, 3.05) is 27.3 Å². The van der Waals surface area contributed by atoms with Crippen molar-refractivity contribution in [3.05, 3.63) is 57.6 Å². The molecule has 2 N–H and O–H groups in total. The molecule has 8 unspecified atom stereocenters. The molecule has 2 aromatic carbocycles. The Balaban J connectivity index is 1.40. The normalized spacial score (nSPS) is 24.7. The minimum absolute atomic E-state index is 0.0419. The summed E-state index contributed by atoms with van der Waals surface area (Å²) < 4.78 is 11.3. The van der Waals surface area contributed by atoms with E-state index in [0.717, 1.165) is 60.8 Å². The molecule has 0 aliphatic carbocycles. The lowest BCUT2D eigenvalue weighted by molar-refractivity contribution is -0.154. The summed E-state index contributed by atoms with van der Waals surface area (Å²) >= 11 is 0. The zero-order valence-corrected chi connectivity index (χ0v) is 48.1. The minimum atomic E-state index is -0.538. The van der Waals surface area contributed by atoms with Crippen LogP contribution in [0, 0.1) is 23.7 Å². The van der Waals surface area contributed by atoms with Gasteiger partial charge in [-0.1, -0.05) is 121 Å². The molecule has 8 heteroatoms. The van der Waals surface area contributed by atoms with E-state index in [1.54, 1.807) is 0 Å². The molecule has 0 saturated carbocycles. The van der Waals surface area contributed by atoms with Crippen molar-refractivity contribution in [1.82, 2.24) is 9.80 Å². The van der Waals surface area contributed by atoms with Crippen molar-refractivity contribution in [1.29, 1.82) is 0 Å². The van der Waals surface area contributed by atoms with Crippen molar-refractivity contribution in [3.63, 3.8) is 0 Å². The Morgan fingerprint density at radius 3 is 1.09 bits per heavy atom. The van der Waals surface area contributed by atoms with Gasteiger partial charge in [0.2, 0.25) is 0 Å². The maximum atomic E-state index is 13.0. The Morgan fingerprint density at radius 1 is 0.551 bits per heavy atom. The van der Waals surface area contributed by atoms with Gasteiger partial charge in [0.05, 0.1) is 13.2 Å². The number of likely N-dealkylation sites (tertiary alicyclic amines) is 2. The molecule has 0 radical (unpaired) electrons. The topological polar surface area (TPSA) is 99.5 Å². The Labute approximate surface area is 422 Å². The largest absolute Gasteiger partial charge is 0.507 e. The number of nitrogens with zero attached hydrogens (tertiary/aromatic N) is 2. The number of esters is 2. The molecule has 0 spiro atoms. The number of phenols is 2. The van der Waals surface area contributed by atoms with E-state index < -0.39 is 11.9 Å². The van der Waals surface area contributed by atoms with E-state index in [9.17, 15) is 19.8 Å². The number of piperidine rings is 2. The summed E-state index contributed by atoms with van der Waals surface area (Å²) in [7, 11) is 4.51. The van der Waals surface area contributed by atoms with Crippen molar-refractivity contribution < 1.29 is 29.3 Å². The van der Waals surface area contributed by atoms with Crippen LogP contribution in [0.2, 0.25) is 0 Å². The van der Waals surface area contributed by atoms with Crippen LogP contribution in [-0.2, 0) is 40.7 Å². The van der Waals surface area contributed by atoms with Crippen LogP contribution in [0.5, 0.6) is 11.5 Å². The molecule has 4 rings (SSSR count). The number of phenolic OH excluding ortho intramolecular Hbond substituents is 2. The predicted octanol–water partition coefficient (Wildman–Crippen LogP) is 14.5. The first-order chi connectivity index (χ1) is 31.4.